The molecule has 190 valence electrons. The summed E-state index contributed by atoms with van der Waals surface area (Å²) in [6.45, 7) is 4.56. The predicted octanol–water partition coefficient (Wildman–Crippen LogP) is 3.77. The third-order valence-corrected chi connectivity index (χ3v) is 6.66. The van der Waals surface area contributed by atoms with Gasteiger partial charge in [-0.3, -0.25) is 14.2 Å². The van der Waals surface area contributed by atoms with Crippen molar-refractivity contribution < 1.29 is 9.53 Å². The van der Waals surface area contributed by atoms with Gasteiger partial charge in [-0.05, 0) is 55.2 Å². The first-order valence-electron chi connectivity index (χ1n) is 12.8. The van der Waals surface area contributed by atoms with Crippen LogP contribution in [0.25, 0.3) is 11.2 Å². The average molecular weight is 498 g/mol. The van der Waals surface area contributed by atoms with E-state index in [4.69, 9.17) is 9.72 Å². The van der Waals surface area contributed by atoms with E-state index in [1.807, 2.05) is 78.6 Å². The Balaban J connectivity index is 1.33. The predicted molar refractivity (Wildman–Crippen MR) is 144 cm³/mol. The van der Waals surface area contributed by atoms with Crippen molar-refractivity contribution in [3.8, 4) is 5.75 Å². The largest absolute Gasteiger partial charge is 0.494 e. The van der Waals surface area contributed by atoms with Crippen molar-refractivity contribution >= 4 is 22.9 Å². The van der Waals surface area contributed by atoms with E-state index >= 15 is 0 Å². The first-order valence-corrected chi connectivity index (χ1v) is 12.8. The summed E-state index contributed by atoms with van der Waals surface area (Å²) in [7, 11) is 0. The third-order valence-electron chi connectivity index (χ3n) is 6.66. The van der Waals surface area contributed by atoms with E-state index in [2.05, 4.69) is 10.3 Å². The molecule has 8 heteroatoms. The van der Waals surface area contributed by atoms with E-state index in [0.717, 1.165) is 29.7 Å². The SMILES string of the molecule is CCOc1ccc(CNC(=O)[C@H]2CCCN(c3nc4cccnc4n(Cc4ccccc4)c3=O)C2)cc1. The number of carbonyl (C=O) groups excluding carboxylic acids is 1. The lowest BCUT2D eigenvalue weighted by molar-refractivity contribution is -0.125. The van der Waals surface area contributed by atoms with Crippen LogP contribution in [-0.2, 0) is 17.9 Å². The number of rotatable bonds is 8. The smallest absolute Gasteiger partial charge is 0.295 e. The fraction of sp³-hybridized carbons (Fsp3) is 0.310. The molecule has 0 unspecified atom stereocenters. The number of fused-ring (bicyclic) bond motifs is 1. The topological polar surface area (TPSA) is 89.3 Å². The van der Waals surface area contributed by atoms with Crippen LogP contribution in [0.15, 0.2) is 77.7 Å². The van der Waals surface area contributed by atoms with Gasteiger partial charge in [0.05, 0.1) is 19.1 Å². The lowest BCUT2D eigenvalue weighted by Crippen LogP contribution is -2.45. The van der Waals surface area contributed by atoms with E-state index < -0.39 is 0 Å². The maximum Gasteiger partial charge on any atom is 0.295 e. The number of benzene rings is 2. The number of hydrogen-bond donors (Lipinski definition) is 1. The Morgan fingerprint density at radius 2 is 1.86 bits per heavy atom. The van der Waals surface area contributed by atoms with Gasteiger partial charge in [-0.15, -0.1) is 0 Å². The van der Waals surface area contributed by atoms with Crippen LogP contribution < -0.4 is 20.5 Å². The van der Waals surface area contributed by atoms with E-state index in [-0.39, 0.29) is 17.4 Å². The summed E-state index contributed by atoms with van der Waals surface area (Å²) < 4.78 is 7.17. The van der Waals surface area contributed by atoms with Crippen molar-refractivity contribution in [2.45, 2.75) is 32.9 Å². The number of nitrogens with one attached hydrogen (secondary N) is 1. The number of pyridine rings is 1. The van der Waals surface area contributed by atoms with Crippen LogP contribution in [0.3, 0.4) is 0 Å². The molecule has 1 N–H and O–H groups in total. The molecular formula is C29H31N5O3. The van der Waals surface area contributed by atoms with E-state index in [0.29, 0.717) is 49.8 Å². The van der Waals surface area contributed by atoms with Gasteiger partial charge in [-0.25, -0.2) is 9.97 Å². The molecule has 0 bridgehead atoms. The van der Waals surface area contributed by atoms with Crippen molar-refractivity contribution in [1.82, 2.24) is 19.9 Å². The number of carbonyl (C=O) groups is 1. The molecule has 0 aliphatic carbocycles. The standard InChI is InChI=1S/C29H31N5O3/c1-2-37-24-14-12-21(13-15-24)18-31-28(35)23-10-7-17-33(20-23)27-29(36)34(19-22-8-4-3-5-9-22)26-25(32-27)11-6-16-30-26/h3-6,8-9,11-16,23H,2,7,10,17-20H2,1H3,(H,31,35)/t23-/m0/s1. The van der Waals surface area contributed by atoms with Gasteiger partial charge in [-0.2, -0.15) is 0 Å². The van der Waals surface area contributed by atoms with Crippen LogP contribution >= 0.6 is 0 Å². The van der Waals surface area contributed by atoms with Gasteiger partial charge in [0.1, 0.15) is 11.3 Å². The molecule has 1 atom stereocenters. The minimum absolute atomic E-state index is 0.00866. The van der Waals surface area contributed by atoms with Crippen molar-refractivity contribution in [2.24, 2.45) is 5.92 Å². The number of piperidine rings is 1. The van der Waals surface area contributed by atoms with E-state index in [9.17, 15) is 9.59 Å². The Hall–Kier alpha value is -4.20. The van der Waals surface area contributed by atoms with Gasteiger partial charge >= 0.3 is 0 Å². The normalized spacial score (nSPS) is 15.5. The zero-order valence-electron chi connectivity index (χ0n) is 21.0. The molecule has 4 aromatic rings. The van der Waals surface area contributed by atoms with Crippen LogP contribution in [0.4, 0.5) is 5.82 Å². The zero-order valence-corrected chi connectivity index (χ0v) is 21.0. The van der Waals surface area contributed by atoms with E-state index in [1.54, 1.807) is 10.8 Å². The Morgan fingerprint density at radius 1 is 1.05 bits per heavy atom. The Labute approximate surface area is 215 Å². The second-order valence-corrected chi connectivity index (χ2v) is 9.24. The molecule has 2 aromatic heterocycles. The third kappa shape index (κ3) is 5.63. The highest BCUT2D eigenvalue weighted by Crippen LogP contribution is 2.22. The van der Waals surface area contributed by atoms with Gasteiger partial charge in [0.25, 0.3) is 5.56 Å². The molecule has 1 aliphatic heterocycles. The fourth-order valence-electron chi connectivity index (χ4n) is 4.77. The Bertz CT molecular complexity index is 1420. The van der Waals surface area contributed by atoms with E-state index in [1.165, 1.54) is 0 Å². The molecule has 2 aromatic carbocycles. The highest BCUT2D eigenvalue weighted by Gasteiger charge is 2.28. The van der Waals surface area contributed by atoms with Crippen LogP contribution in [-0.4, -0.2) is 40.1 Å². The quantitative estimate of drug-likeness (QED) is 0.399. The first-order chi connectivity index (χ1) is 18.1. The fourth-order valence-corrected chi connectivity index (χ4v) is 4.77. The number of amides is 1. The molecule has 0 spiro atoms. The maximum atomic E-state index is 13.7. The minimum atomic E-state index is -0.218. The molecule has 1 aliphatic rings. The summed E-state index contributed by atoms with van der Waals surface area (Å²) in [6.07, 6.45) is 3.27. The van der Waals surface area contributed by atoms with Gasteiger partial charge in [0.2, 0.25) is 5.91 Å². The molecular weight excluding hydrogens is 466 g/mol. The van der Waals surface area contributed by atoms with Crippen molar-refractivity contribution in [3.05, 3.63) is 94.4 Å². The number of anilines is 1. The molecule has 3 heterocycles. The second kappa shape index (κ2) is 11.2. The molecule has 1 fully saturated rings. The number of hydrogen-bond acceptors (Lipinski definition) is 6. The highest BCUT2D eigenvalue weighted by molar-refractivity contribution is 5.79. The summed E-state index contributed by atoms with van der Waals surface area (Å²) in [4.78, 5) is 37.8. The summed E-state index contributed by atoms with van der Waals surface area (Å²) in [6, 6.07) is 21.3. The second-order valence-electron chi connectivity index (χ2n) is 9.24. The number of ether oxygens (including phenoxy) is 1. The summed E-state index contributed by atoms with van der Waals surface area (Å²) in [5, 5.41) is 3.06. The molecule has 0 saturated carbocycles. The van der Waals surface area contributed by atoms with Crippen molar-refractivity contribution in [1.29, 1.82) is 0 Å². The van der Waals surface area contributed by atoms with Crippen molar-refractivity contribution in [3.63, 3.8) is 0 Å². The average Bonchev–Trinajstić information content (AvgIpc) is 2.94. The summed E-state index contributed by atoms with van der Waals surface area (Å²) >= 11 is 0. The van der Waals surface area contributed by atoms with Crippen molar-refractivity contribution in [2.75, 3.05) is 24.6 Å². The highest BCUT2D eigenvalue weighted by atomic mass is 16.5. The molecule has 8 nitrogen and oxygen atoms in total. The zero-order chi connectivity index (χ0) is 25.6. The maximum absolute atomic E-state index is 13.7. The van der Waals surface area contributed by atoms with Gasteiger partial charge in [0, 0.05) is 25.8 Å². The van der Waals surface area contributed by atoms with Gasteiger partial charge < -0.3 is 15.0 Å². The first kappa shape index (κ1) is 24.5. The lowest BCUT2D eigenvalue weighted by Gasteiger charge is -2.32. The van der Waals surface area contributed by atoms with Gasteiger partial charge in [0.15, 0.2) is 11.5 Å². The summed E-state index contributed by atoms with van der Waals surface area (Å²) in [5.74, 6) is 0.965. The molecule has 1 amide bonds. The van der Waals surface area contributed by atoms with Crippen LogP contribution in [0.2, 0.25) is 0 Å². The monoisotopic (exact) mass is 497 g/mol. The Kier molecular flexibility index (Phi) is 7.44. The van der Waals surface area contributed by atoms with Crippen LogP contribution in [0.1, 0.15) is 30.9 Å². The lowest BCUT2D eigenvalue weighted by atomic mass is 9.97. The molecule has 37 heavy (non-hydrogen) atoms. The van der Waals surface area contributed by atoms with Crippen LogP contribution in [0.5, 0.6) is 5.75 Å². The summed E-state index contributed by atoms with van der Waals surface area (Å²) in [5.41, 5.74) is 3.05. The molecule has 5 rings (SSSR count). The Morgan fingerprint density at radius 3 is 2.65 bits per heavy atom. The molecule has 1 saturated heterocycles. The number of aromatic nitrogens is 3. The van der Waals surface area contributed by atoms with Gasteiger partial charge in [-0.1, -0.05) is 42.5 Å². The minimum Gasteiger partial charge on any atom is -0.494 e. The van der Waals surface area contributed by atoms with Crippen LogP contribution in [0, 0.1) is 5.92 Å². The number of nitrogens with zero attached hydrogens (tertiary/aromatic N) is 4. The molecule has 0 radical (unpaired) electrons.